The lowest BCUT2D eigenvalue weighted by Crippen LogP contribution is -1.98. The Morgan fingerprint density at radius 1 is 1.40 bits per heavy atom. The van der Waals surface area contributed by atoms with Crippen molar-refractivity contribution in [2.45, 2.75) is 20.3 Å². The molecule has 0 N–H and O–H groups in total. The van der Waals surface area contributed by atoms with Gasteiger partial charge in [0.15, 0.2) is 0 Å². The van der Waals surface area contributed by atoms with E-state index in [1.807, 2.05) is 13.8 Å². The van der Waals surface area contributed by atoms with Crippen molar-refractivity contribution in [3.05, 3.63) is 11.6 Å². The van der Waals surface area contributed by atoms with E-state index < -0.39 is 0 Å². The minimum absolute atomic E-state index is 0.220. The standard InChI is InChI=1S/C8H12O2/c1-7(2)5-8(6-10)3-4-9/h4-6,8H,3H2,1-2H3. The fraction of sp³-hybridized carbons (Fsp3) is 0.500. The average Bonchev–Trinajstić information content (AvgIpc) is 1.86. The molecule has 0 rings (SSSR count). The largest absolute Gasteiger partial charge is 0.303 e. The molecule has 0 heterocycles. The summed E-state index contributed by atoms with van der Waals surface area (Å²) in [5.74, 6) is -0.220. The monoisotopic (exact) mass is 140 g/mol. The lowest BCUT2D eigenvalue weighted by Gasteiger charge is -1.97. The van der Waals surface area contributed by atoms with Crippen LogP contribution in [0.1, 0.15) is 20.3 Å². The van der Waals surface area contributed by atoms with Gasteiger partial charge in [-0.1, -0.05) is 11.6 Å². The summed E-state index contributed by atoms with van der Waals surface area (Å²) in [6.45, 7) is 3.81. The van der Waals surface area contributed by atoms with Crippen molar-refractivity contribution >= 4 is 12.6 Å². The number of aldehydes is 2. The van der Waals surface area contributed by atoms with Gasteiger partial charge in [0.1, 0.15) is 12.6 Å². The van der Waals surface area contributed by atoms with Gasteiger partial charge in [0.25, 0.3) is 0 Å². The van der Waals surface area contributed by atoms with Crippen molar-refractivity contribution in [1.29, 1.82) is 0 Å². The van der Waals surface area contributed by atoms with Crippen molar-refractivity contribution < 1.29 is 9.59 Å². The maximum absolute atomic E-state index is 10.2. The summed E-state index contributed by atoms with van der Waals surface area (Å²) in [6.07, 6.45) is 3.65. The zero-order valence-electron chi connectivity index (χ0n) is 6.33. The molecule has 0 aromatic carbocycles. The van der Waals surface area contributed by atoms with Crippen LogP contribution in [-0.4, -0.2) is 12.6 Å². The van der Waals surface area contributed by atoms with E-state index in [1.165, 1.54) is 0 Å². The summed E-state index contributed by atoms with van der Waals surface area (Å²) in [7, 11) is 0. The minimum atomic E-state index is -0.220. The number of rotatable bonds is 4. The number of allylic oxidation sites excluding steroid dienone is 2. The zero-order valence-corrected chi connectivity index (χ0v) is 6.33. The Bertz CT molecular complexity index is 143. The van der Waals surface area contributed by atoms with Gasteiger partial charge in [0, 0.05) is 12.3 Å². The lowest BCUT2D eigenvalue weighted by atomic mass is 10.1. The Balaban J connectivity index is 3.94. The van der Waals surface area contributed by atoms with Crippen LogP contribution in [0.5, 0.6) is 0 Å². The van der Waals surface area contributed by atoms with E-state index in [0.717, 1.165) is 18.1 Å². The van der Waals surface area contributed by atoms with Gasteiger partial charge < -0.3 is 9.59 Å². The second kappa shape index (κ2) is 4.91. The van der Waals surface area contributed by atoms with E-state index in [4.69, 9.17) is 0 Å². The number of carbonyl (C=O) groups excluding carboxylic acids is 2. The number of carbonyl (C=O) groups is 2. The number of hydrogen-bond acceptors (Lipinski definition) is 2. The van der Waals surface area contributed by atoms with Crippen LogP contribution in [-0.2, 0) is 9.59 Å². The summed E-state index contributed by atoms with van der Waals surface area (Å²) in [4.78, 5) is 20.2. The summed E-state index contributed by atoms with van der Waals surface area (Å²) in [5, 5.41) is 0. The van der Waals surface area contributed by atoms with Crippen LogP contribution in [0.4, 0.5) is 0 Å². The van der Waals surface area contributed by atoms with E-state index in [2.05, 4.69) is 0 Å². The van der Waals surface area contributed by atoms with Gasteiger partial charge in [-0.05, 0) is 13.8 Å². The molecule has 2 heteroatoms. The van der Waals surface area contributed by atoms with Crippen molar-refractivity contribution in [1.82, 2.24) is 0 Å². The van der Waals surface area contributed by atoms with Crippen LogP contribution in [0.2, 0.25) is 0 Å². The minimum Gasteiger partial charge on any atom is -0.303 e. The average molecular weight is 140 g/mol. The van der Waals surface area contributed by atoms with Gasteiger partial charge >= 0.3 is 0 Å². The maximum Gasteiger partial charge on any atom is 0.127 e. The Morgan fingerprint density at radius 2 is 2.00 bits per heavy atom. The van der Waals surface area contributed by atoms with Gasteiger partial charge in [-0.3, -0.25) is 0 Å². The predicted molar refractivity (Wildman–Crippen MR) is 39.7 cm³/mol. The fourth-order valence-corrected chi connectivity index (χ4v) is 0.702. The molecule has 0 bridgehead atoms. The third-order valence-corrected chi connectivity index (χ3v) is 1.09. The molecule has 1 atom stereocenters. The molecule has 56 valence electrons. The molecule has 0 aromatic heterocycles. The first-order chi connectivity index (χ1) is 4.70. The summed E-state index contributed by atoms with van der Waals surface area (Å²) < 4.78 is 0. The van der Waals surface area contributed by atoms with Crippen LogP contribution < -0.4 is 0 Å². The molecule has 0 amide bonds. The Labute approximate surface area is 60.9 Å². The molecular weight excluding hydrogens is 128 g/mol. The first-order valence-electron chi connectivity index (χ1n) is 3.24. The maximum atomic E-state index is 10.2. The second-order valence-electron chi connectivity index (χ2n) is 2.45. The second-order valence-corrected chi connectivity index (χ2v) is 2.45. The molecule has 0 aliphatic rings. The van der Waals surface area contributed by atoms with Crippen LogP contribution in [0.25, 0.3) is 0 Å². The normalized spacial score (nSPS) is 11.8. The topological polar surface area (TPSA) is 34.1 Å². The molecule has 0 saturated heterocycles. The summed E-state index contributed by atoms with van der Waals surface area (Å²) in [6, 6.07) is 0. The van der Waals surface area contributed by atoms with Crippen LogP contribution >= 0.6 is 0 Å². The van der Waals surface area contributed by atoms with Crippen molar-refractivity contribution in [3.8, 4) is 0 Å². The smallest absolute Gasteiger partial charge is 0.127 e. The Hall–Kier alpha value is -0.920. The highest BCUT2D eigenvalue weighted by Gasteiger charge is 2.00. The predicted octanol–water partition coefficient (Wildman–Crippen LogP) is 1.36. The first kappa shape index (κ1) is 9.08. The Kier molecular flexibility index (Phi) is 4.46. The SMILES string of the molecule is CC(C)=CC(C=O)CC=O. The molecule has 0 fully saturated rings. The summed E-state index contributed by atoms with van der Waals surface area (Å²) in [5.41, 5.74) is 1.07. The fourth-order valence-electron chi connectivity index (χ4n) is 0.702. The highest BCUT2D eigenvalue weighted by atomic mass is 16.1. The molecule has 0 aliphatic heterocycles. The molecule has 0 saturated carbocycles. The zero-order chi connectivity index (χ0) is 7.98. The van der Waals surface area contributed by atoms with Crippen molar-refractivity contribution in [2.24, 2.45) is 5.92 Å². The van der Waals surface area contributed by atoms with E-state index in [9.17, 15) is 9.59 Å². The van der Waals surface area contributed by atoms with E-state index in [0.29, 0.717) is 6.42 Å². The molecule has 0 spiro atoms. The summed E-state index contributed by atoms with van der Waals surface area (Å²) >= 11 is 0. The molecular formula is C8H12O2. The van der Waals surface area contributed by atoms with Gasteiger partial charge in [-0.15, -0.1) is 0 Å². The number of hydrogen-bond donors (Lipinski definition) is 0. The van der Waals surface area contributed by atoms with Crippen LogP contribution in [0, 0.1) is 5.92 Å². The van der Waals surface area contributed by atoms with E-state index in [-0.39, 0.29) is 5.92 Å². The van der Waals surface area contributed by atoms with Gasteiger partial charge in [-0.2, -0.15) is 0 Å². The van der Waals surface area contributed by atoms with Crippen LogP contribution in [0.3, 0.4) is 0 Å². The molecule has 0 aliphatic carbocycles. The first-order valence-corrected chi connectivity index (χ1v) is 3.24. The van der Waals surface area contributed by atoms with Gasteiger partial charge in [0.05, 0.1) is 0 Å². The highest BCUT2D eigenvalue weighted by Crippen LogP contribution is 2.02. The lowest BCUT2D eigenvalue weighted by molar-refractivity contribution is -0.114. The van der Waals surface area contributed by atoms with Crippen molar-refractivity contribution in [2.75, 3.05) is 0 Å². The van der Waals surface area contributed by atoms with Gasteiger partial charge in [0.2, 0.25) is 0 Å². The van der Waals surface area contributed by atoms with E-state index >= 15 is 0 Å². The van der Waals surface area contributed by atoms with Crippen molar-refractivity contribution in [3.63, 3.8) is 0 Å². The molecule has 0 aromatic rings. The molecule has 1 unspecified atom stereocenters. The third-order valence-electron chi connectivity index (χ3n) is 1.09. The Morgan fingerprint density at radius 3 is 2.30 bits per heavy atom. The quantitative estimate of drug-likeness (QED) is 0.436. The van der Waals surface area contributed by atoms with E-state index in [1.54, 1.807) is 6.08 Å². The molecule has 0 radical (unpaired) electrons. The molecule has 2 nitrogen and oxygen atoms in total. The molecule has 10 heavy (non-hydrogen) atoms. The van der Waals surface area contributed by atoms with Crippen LogP contribution in [0.15, 0.2) is 11.6 Å². The third kappa shape index (κ3) is 4.01. The van der Waals surface area contributed by atoms with Gasteiger partial charge in [-0.25, -0.2) is 0 Å². The highest BCUT2D eigenvalue weighted by molar-refractivity contribution is 5.64.